The summed E-state index contributed by atoms with van der Waals surface area (Å²) in [5, 5.41) is 0. The van der Waals surface area contributed by atoms with Gasteiger partial charge in [0.15, 0.2) is 0 Å². The van der Waals surface area contributed by atoms with Crippen LogP contribution in [0.5, 0.6) is 5.75 Å². The molecule has 0 aromatic heterocycles. The molecule has 1 saturated carbocycles. The number of ether oxygens (including phenoxy) is 1. The number of anilines is 2. The van der Waals surface area contributed by atoms with Crippen molar-refractivity contribution >= 4 is 23.2 Å². The van der Waals surface area contributed by atoms with Gasteiger partial charge >= 0.3 is 0 Å². The lowest BCUT2D eigenvalue weighted by Crippen LogP contribution is -2.46. The topological polar surface area (TPSA) is 72.6 Å². The number of hydrogen-bond donors (Lipinski definition) is 1. The number of rotatable bonds is 2. The predicted octanol–water partition coefficient (Wildman–Crippen LogP) is 1.57. The molecule has 5 nitrogen and oxygen atoms in total. The fourth-order valence-corrected chi connectivity index (χ4v) is 3.02. The van der Waals surface area contributed by atoms with Gasteiger partial charge in [0.2, 0.25) is 11.8 Å². The fourth-order valence-electron chi connectivity index (χ4n) is 3.02. The molecule has 2 bridgehead atoms. The van der Waals surface area contributed by atoms with E-state index < -0.39 is 0 Å². The molecule has 2 amide bonds. The monoisotopic (exact) mass is 260 g/mol. The van der Waals surface area contributed by atoms with Crippen LogP contribution in [0.2, 0.25) is 0 Å². The highest BCUT2D eigenvalue weighted by Crippen LogP contribution is 2.42. The summed E-state index contributed by atoms with van der Waals surface area (Å²) in [5.41, 5.74) is 6.75. The van der Waals surface area contributed by atoms with Crippen LogP contribution in [0, 0.1) is 11.8 Å². The highest BCUT2D eigenvalue weighted by molar-refractivity contribution is 6.19. The summed E-state index contributed by atoms with van der Waals surface area (Å²) in [4.78, 5) is 26.0. The first-order chi connectivity index (χ1) is 9.11. The SMILES string of the molecule is COc1cc(N)ccc1N1C(=O)C2CCC(C2)C1=O. The third-order valence-corrected chi connectivity index (χ3v) is 4.02. The number of nitrogens with two attached hydrogens (primary N) is 1. The molecule has 1 aromatic carbocycles. The van der Waals surface area contributed by atoms with Crippen molar-refractivity contribution in [3.05, 3.63) is 18.2 Å². The third kappa shape index (κ3) is 1.77. The highest BCUT2D eigenvalue weighted by atomic mass is 16.5. The minimum atomic E-state index is -0.109. The number of carbonyl (C=O) groups is 2. The molecule has 100 valence electrons. The molecule has 2 fully saturated rings. The molecule has 0 spiro atoms. The van der Waals surface area contributed by atoms with E-state index in [-0.39, 0.29) is 23.7 Å². The quantitative estimate of drug-likeness (QED) is 0.647. The van der Waals surface area contributed by atoms with Gasteiger partial charge in [-0.3, -0.25) is 9.59 Å². The maximum atomic E-state index is 12.4. The van der Waals surface area contributed by atoms with E-state index in [4.69, 9.17) is 10.5 Å². The zero-order valence-electron chi connectivity index (χ0n) is 10.8. The molecular weight excluding hydrogens is 244 g/mol. The molecule has 2 atom stereocenters. The molecule has 2 unspecified atom stereocenters. The van der Waals surface area contributed by atoms with E-state index >= 15 is 0 Å². The van der Waals surface area contributed by atoms with Gasteiger partial charge in [-0.25, -0.2) is 4.90 Å². The number of hydrogen-bond acceptors (Lipinski definition) is 4. The van der Waals surface area contributed by atoms with Gasteiger partial charge in [-0.15, -0.1) is 0 Å². The number of carbonyl (C=O) groups excluding carboxylic acids is 2. The first-order valence-corrected chi connectivity index (χ1v) is 6.43. The number of piperidine rings is 1. The van der Waals surface area contributed by atoms with Crippen LogP contribution in [-0.2, 0) is 9.59 Å². The molecule has 2 N–H and O–H groups in total. The first-order valence-electron chi connectivity index (χ1n) is 6.43. The van der Waals surface area contributed by atoms with Crippen LogP contribution >= 0.6 is 0 Å². The maximum Gasteiger partial charge on any atom is 0.237 e. The Hall–Kier alpha value is -2.04. The summed E-state index contributed by atoms with van der Waals surface area (Å²) in [6.07, 6.45) is 2.32. The van der Waals surface area contributed by atoms with Gasteiger partial charge in [-0.1, -0.05) is 0 Å². The van der Waals surface area contributed by atoms with Crippen LogP contribution in [0.1, 0.15) is 19.3 Å². The number of amides is 2. The zero-order chi connectivity index (χ0) is 13.6. The summed E-state index contributed by atoms with van der Waals surface area (Å²) >= 11 is 0. The Labute approximate surface area is 111 Å². The Morgan fingerprint density at radius 3 is 2.42 bits per heavy atom. The average molecular weight is 260 g/mol. The number of benzene rings is 1. The van der Waals surface area contributed by atoms with Crippen LogP contribution in [0.4, 0.5) is 11.4 Å². The van der Waals surface area contributed by atoms with Crippen LogP contribution in [0.25, 0.3) is 0 Å². The van der Waals surface area contributed by atoms with Crippen LogP contribution in [0.15, 0.2) is 18.2 Å². The molecule has 1 saturated heterocycles. The van der Waals surface area contributed by atoms with E-state index in [1.165, 1.54) is 12.0 Å². The molecule has 2 aliphatic rings. The van der Waals surface area contributed by atoms with Crippen LogP contribution < -0.4 is 15.4 Å². The first kappa shape index (κ1) is 12.0. The van der Waals surface area contributed by atoms with Gasteiger partial charge in [-0.2, -0.15) is 0 Å². The summed E-state index contributed by atoms with van der Waals surface area (Å²) < 4.78 is 5.24. The Kier molecular flexibility index (Phi) is 2.69. The molecule has 1 heterocycles. The van der Waals surface area contributed by atoms with E-state index in [9.17, 15) is 9.59 Å². The second-order valence-corrected chi connectivity index (χ2v) is 5.15. The Balaban J connectivity index is 2.06. The molecule has 1 aliphatic carbocycles. The lowest BCUT2D eigenvalue weighted by Gasteiger charge is -2.30. The smallest absolute Gasteiger partial charge is 0.237 e. The summed E-state index contributed by atoms with van der Waals surface area (Å²) in [5.74, 6) is 0.196. The van der Waals surface area contributed by atoms with Gasteiger partial charge in [-0.05, 0) is 31.4 Å². The van der Waals surface area contributed by atoms with E-state index in [1.54, 1.807) is 18.2 Å². The van der Waals surface area contributed by atoms with Crippen molar-refractivity contribution in [3.8, 4) is 5.75 Å². The van der Waals surface area contributed by atoms with Crippen molar-refractivity contribution in [3.63, 3.8) is 0 Å². The lowest BCUT2D eigenvalue weighted by atomic mass is 9.96. The van der Waals surface area contributed by atoms with Gasteiger partial charge in [0.05, 0.1) is 12.8 Å². The van der Waals surface area contributed by atoms with E-state index in [0.717, 1.165) is 12.8 Å². The standard InChI is InChI=1S/C14H16N2O3/c1-19-12-7-10(15)4-5-11(12)16-13(17)8-2-3-9(6-8)14(16)18/h4-5,7-9H,2-3,6,15H2,1H3. The Bertz CT molecular complexity index is 534. The predicted molar refractivity (Wildman–Crippen MR) is 70.7 cm³/mol. The van der Waals surface area contributed by atoms with Crippen molar-refractivity contribution < 1.29 is 14.3 Å². The van der Waals surface area contributed by atoms with Crippen molar-refractivity contribution in [2.24, 2.45) is 11.8 Å². The van der Waals surface area contributed by atoms with Gasteiger partial charge in [0.1, 0.15) is 5.75 Å². The number of imide groups is 1. The van der Waals surface area contributed by atoms with Crippen molar-refractivity contribution in [2.45, 2.75) is 19.3 Å². The van der Waals surface area contributed by atoms with Crippen LogP contribution in [0.3, 0.4) is 0 Å². The van der Waals surface area contributed by atoms with Gasteiger partial charge in [0.25, 0.3) is 0 Å². The minimum Gasteiger partial charge on any atom is -0.494 e. The lowest BCUT2D eigenvalue weighted by molar-refractivity contribution is -0.133. The number of methoxy groups -OCH3 is 1. The van der Waals surface area contributed by atoms with Gasteiger partial charge < -0.3 is 10.5 Å². The second kappa shape index (κ2) is 4.26. The minimum absolute atomic E-state index is 0.0232. The fraction of sp³-hybridized carbons (Fsp3) is 0.429. The Morgan fingerprint density at radius 1 is 1.21 bits per heavy atom. The van der Waals surface area contributed by atoms with E-state index in [0.29, 0.717) is 23.5 Å². The molecule has 1 aliphatic heterocycles. The van der Waals surface area contributed by atoms with E-state index in [2.05, 4.69) is 0 Å². The summed E-state index contributed by atoms with van der Waals surface area (Å²) in [7, 11) is 1.51. The highest BCUT2D eigenvalue weighted by Gasteiger charge is 2.46. The average Bonchev–Trinajstić information content (AvgIpc) is 2.85. The normalized spacial score (nSPS) is 25.8. The zero-order valence-corrected chi connectivity index (χ0v) is 10.8. The molecule has 19 heavy (non-hydrogen) atoms. The van der Waals surface area contributed by atoms with Crippen LogP contribution in [-0.4, -0.2) is 18.9 Å². The molecule has 1 aromatic rings. The Morgan fingerprint density at radius 2 is 1.84 bits per heavy atom. The molecule has 5 heteroatoms. The maximum absolute atomic E-state index is 12.4. The summed E-state index contributed by atoms with van der Waals surface area (Å²) in [6.45, 7) is 0. The van der Waals surface area contributed by atoms with Crippen molar-refractivity contribution in [1.82, 2.24) is 0 Å². The molecule has 0 radical (unpaired) electrons. The third-order valence-electron chi connectivity index (χ3n) is 4.02. The number of nitrogen functional groups attached to an aromatic ring is 1. The summed E-state index contributed by atoms with van der Waals surface area (Å²) in [6, 6.07) is 4.98. The largest absolute Gasteiger partial charge is 0.494 e. The second-order valence-electron chi connectivity index (χ2n) is 5.15. The molecule has 3 rings (SSSR count). The van der Waals surface area contributed by atoms with Crippen molar-refractivity contribution in [1.29, 1.82) is 0 Å². The number of nitrogens with zero attached hydrogens (tertiary/aromatic N) is 1. The molecular formula is C14H16N2O3. The van der Waals surface area contributed by atoms with Gasteiger partial charge in [0, 0.05) is 23.6 Å². The number of fused-ring (bicyclic) bond motifs is 2. The van der Waals surface area contributed by atoms with Crippen molar-refractivity contribution in [2.75, 3.05) is 17.7 Å². The van der Waals surface area contributed by atoms with E-state index in [1.807, 2.05) is 0 Å².